The van der Waals surface area contributed by atoms with Crippen molar-refractivity contribution in [2.75, 3.05) is 13.2 Å². The summed E-state index contributed by atoms with van der Waals surface area (Å²) in [6.45, 7) is 3.79. The van der Waals surface area contributed by atoms with E-state index in [1.165, 1.54) is 13.8 Å². The molecule has 0 fully saturated rings. The lowest BCUT2D eigenvalue weighted by Gasteiger charge is -2.23. The van der Waals surface area contributed by atoms with Gasteiger partial charge in [0.2, 0.25) is 0 Å². The van der Waals surface area contributed by atoms with Crippen LogP contribution in [0.15, 0.2) is 12.1 Å². The highest BCUT2D eigenvalue weighted by Crippen LogP contribution is 2.38. The fourth-order valence-electron chi connectivity index (χ4n) is 1.83. The van der Waals surface area contributed by atoms with Gasteiger partial charge in [-0.15, -0.1) is 0 Å². The Balaban J connectivity index is 2.23. The molecule has 0 spiro atoms. The number of esters is 2. The maximum atomic E-state index is 10.9. The van der Waals surface area contributed by atoms with Gasteiger partial charge in [0.25, 0.3) is 0 Å². The highest BCUT2D eigenvalue weighted by molar-refractivity contribution is 5.67. The van der Waals surface area contributed by atoms with E-state index in [0.717, 1.165) is 11.1 Å². The van der Waals surface area contributed by atoms with E-state index in [-0.39, 0.29) is 25.2 Å². The minimum absolute atomic E-state index is 0.120. The van der Waals surface area contributed by atoms with Gasteiger partial charge in [0.15, 0.2) is 11.5 Å². The van der Waals surface area contributed by atoms with Gasteiger partial charge in [-0.2, -0.15) is 0 Å². The van der Waals surface area contributed by atoms with Crippen molar-refractivity contribution in [3.05, 3.63) is 23.3 Å². The first-order valence-corrected chi connectivity index (χ1v) is 6.25. The minimum atomic E-state index is -0.362. The summed E-state index contributed by atoms with van der Waals surface area (Å²) in [5, 5.41) is 0. The Hall–Kier alpha value is -2.24. The van der Waals surface area contributed by atoms with E-state index in [2.05, 4.69) is 0 Å². The van der Waals surface area contributed by atoms with Gasteiger partial charge in [0, 0.05) is 25.0 Å². The molecular formula is C14H16O6. The number of benzene rings is 1. The molecule has 0 atom stereocenters. The van der Waals surface area contributed by atoms with Gasteiger partial charge in [0.1, 0.15) is 26.4 Å². The average Bonchev–Trinajstić information content (AvgIpc) is 2.43. The molecule has 0 N–H and O–H groups in total. The molecule has 6 heteroatoms. The van der Waals surface area contributed by atoms with Crippen LogP contribution in [0.2, 0.25) is 0 Å². The number of ether oxygens (including phenoxy) is 4. The van der Waals surface area contributed by atoms with Crippen LogP contribution in [-0.4, -0.2) is 25.2 Å². The summed E-state index contributed by atoms with van der Waals surface area (Å²) in [6.07, 6.45) is 0. The van der Waals surface area contributed by atoms with E-state index in [9.17, 15) is 9.59 Å². The topological polar surface area (TPSA) is 71.1 Å². The van der Waals surface area contributed by atoms with Gasteiger partial charge in [-0.05, 0) is 0 Å². The largest absolute Gasteiger partial charge is 0.486 e. The molecule has 20 heavy (non-hydrogen) atoms. The molecular weight excluding hydrogens is 264 g/mol. The van der Waals surface area contributed by atoms with Gasteiger partial charge in [0.05, 0.1) is 0 Å². The Kier molecular flexibility index (Phi) is 4.45. The minimum Gasteiger partial charge on any atom is -0.486 e. The van der Waals surface area contributed by atoms with Crippen molar-refractivity contribution in [2.24, 2.45) is 0 Å². The molecule has 0 aromatic heterocycles. The van der Waals surface area contributed by atoms with Gasteiger partial charge >= 0.3 is 11.9 Å². The predicted molar refractivity (Wildman–Crippen MR) is 68.4 cm³/mol. The second kappa shape index (κ2) is 6.27. The van der Waals surface area contributed by atoms with Crippen LogP contribution in [0.3, 0.4) is 0 Å². The van der Waals surface area contributed by atoms with Crippen molar-refractivity contribution in [1.82, 2.24) is 0 Å². The molecule has 0 saturated carbocycles. The molecule has 1 heterocycles. The summed E-state index contributed by atoms with van der Waals surface area (Å²) in [6, 6.07) is 3.55. The van der Waals surface area contributed by atoms with Crippen LogP contribution >= 0.6 is 0 Å². The Morgan fingerprint density at radius 1 is 0.950 bits per heavy atom. The molecule has 0 saturated heterocycles. The molecule has 6 nitrogen and oxygen atoms in total. The quantitative estimate of drug-likeness (QED) is 0.780. The van der Waals surface area contributed by atoms with Crippen LogP contribution in [0.4, 0.5) is 0 Å². The lowest BCUT2D eigenvalue weighted by Crippen LogP contribution is -2.18. The van der Waals surface area contributed by atoms with Crippen molar-refractivity contribution in [2.45, 2.75) is 27.1 Å². The molecule has 0 aliphatic carbocycles. The summed E-state index contributed by atoms with van der Waals surface area (Å²) in [7, 11) is 0. The Morgan fingerprint density at radius 2 is 1.35 bits per heavy atom. The fourth-order valence-corrected chi connectivity index (χ4v) is 1.83. The maximum Gasteiger partial charge on any atom is 0.302 e. The molecule has 108 valence electrons. The van der Waals surface area contributed by atoms with Crippen molar-refractivity contribution in [1.29, 1.82) is 0 Å². The first-order valence-electron chi connectivity index (χ1n) is 6.25. The number of hydrogen-bond acceptors (Lipinski definition) is 6. The van der Waals surface area contributed by atoms with E-state index in [0.29, 0.717) is 24.7 Å². The zero-order valence-electron chi connectivity index (χ0n) is 11.4. The summed E-state index contributed by atoms with van der Waals surface area (Å²) in [4.78, 5) is 21.8. The monoisotopic (exact) mass is 280 g/mol. The van der Waals surface area contributed by atoms with E-state index in [4.69, 9.17) is 18.9 Å². The molecule has 0 amide bonds. The van der Waals surface area contributed by atoms with E-state index in [1.54, 1.807) is 12.1 Å². The van der Waals surface area contributed by atoms with E-state index in [1.807, 2.05) is 0 Å². The molecule has 0 bridgehead atoms. The smallest absolute Gasteiger partial charge is 0.302 e. The first-order chi connectivity index (χ1) is 9.58. The predicted octanol–water partition coefficient (Wildman–Crippen LogP) is 1.58. The number of fused-ring (bicyclic) bond motifs is 1. The van der Waals surface area contributed by atoms with Gasteiger partial charge in [-0.25, -0.2) is 0 Å². The van der Waals surface area contributed by atoms with Crippen LogP contribution in [0.25, 0.3) is 0 Å². The second-order valence-electron chi connectivity index (χ2n) is 4.30. The van der Waals surface area contributed by atoms with Crippen LogP contribution in [0.1, 0.15) is 25.0 Å². The van der Waals surface area contributed by atoms with Gasteiger partial charge in [-0.3, -0.25) is 9.59 Å². The molecule has 0 unspecified atom stereocenters. The second-order valence-corrected chi connectivity index (χ2v) is 4.30. The van der Waals surface area contributed by atoms with Crippen molar-refractivity contribution >= 4 is 11.9 Å². The normalized spacial score (nSPS) is 12.7. The SMILES string of the molecule is CC(=O)OCc1ccc(COC(C)=O)c2c1OCCO2. The van der Waals surface area contributed by atoms with Crippen LogP contribution in [-0.2, 0) is 32.3 Å². The summed E-state index contributed by atoms with van der Waals surface area (Å²) < 4.78 is 21.1. The van der Waals surface area contributed by atoms with Crippen molar-refractivity contribution in [3.8, 4) is 11.5 Å². The van der Waals surface area contributed by atoms with Crippen LogP contribution < -0.4 is 9.47 Å². The lowest BCUT2D eigenvalue weighted by molar-refractivity contribution is -0.143. The number of rotatable bonds is 4. The lowest BCUT2D eigenvalue weighted by atomic mass is 10.1. The highest BCUT2D eigenvalue weighted by atomic mass is 16.6. The van der Waals surface area contributed by atoms with E-state index < -0.39 is 0 Å². The molecule has 2 rings (SSSR count). The zero-order chi connectivity index (χ0) is 14.5. The Morgan fingerprint density at radius 3 is 1.70 bits per heavy atom. The maximum absolute atomic E-state index is 10.9. The number of carbonyl (C=O) groups is 2. The van der Waals surface area contributed by atoms with Crippen molar-refractivity contribution in [3.63, 3.8) is 0 Å². The zero-order valence-corrected chi connectivity index (χ0v) is 11.4. The molecule has 0 radical (unpaired) electrons. The number of carbonyl (C=O) groups excluding carboxylic acids is 2. The first kappa shape index (κ1) is 14.2. The third-order valence-corrected chi connectivity index (χ3v) is 2.71. The van der Waals surface area contributed by atoms with Crippen molar-refractivity contribution < 1.29 is 28.5 Å². The van der Waals surface area contributed by atoms with E-state index >= 15 is 0 Å². The van der Waals surface area contributed by atoms with Gasteiger partial charge in [-0.1, -0.05) is 12.1 Å². The summed E-state index contributed by atoms with van der Waals surface area (Å²) in [5.41, 5.74) is 1.45. The summed E-state index contributed by atoms with van der Waals surface area (Å²) in [5.74, 6) is 0.364. The molecule has 1 aliphatic rings. The average molecular weight is 280 g/mol. The Labute approximate surface area is 116 Å². The summed E-state index contributed by atoms with van der Waals surface area (Å²) >= 11 is 0. The molecule has 1 aromatic carbocycles. The molecule has 1 aliphatic heterocycles. The fraction of sp³-hybridized carbons (Fsp3) is 0.429. The van der Waals surface area contributed by atoms with Crippen LogP contribution in [0.5, 0.6) is 11.5 Å². The third kappa shape index (κ3) is 3.40. The standard InChI is InChI=1S/C14H16O6/c1-9(15)19-7-11-3-4-12(8-20-10(2)16)14-13(11)17-5-6-18-14/h3-4H,5-8H2,1-2H3. The molecule has 1 aromatic rings. The van der Waals surface area contributed by atoms with Crippen LogP contribution in [0, 0.1) is 0 Å². The number of hydrogen-bond donors (Lipinski definition) is 0. The third-order valence-electron chi connectivity index (χ3n) is 2.71. The highest BCUT2D eigenvalue weighted by Gasteiger charge is 2.21. The van der Waals surface area contributed by atoms with Gasteiger partial charge < -0.3 is 18.9 Å². The Bertz CT molecular complexity index is 476.